The highest BCUT2D eigenvalue weighted by Crippen LogP contribution is 2.19. The van der Waals surface area contributed by atoms with Crippen LogP contribution in [0.25, 0.3) is 0 Å². The maximum absolute atomic E-state index is 12.0. The number of carboxylic acid groups (broad SMARTS) is 1. The summed E-state index contributed by atoms with van der Waals surface area (Å²) in [5, 5.41) is 21.1. The summed E-state index contributed by atoms with van der Waals surface area (Å²) in [5.74, 6) is -1.48. The van der Waals surface area contributed by atoms with Gasteiger partial charge in [-0.1, -0.05) is 13.8 Å². The van der Waals surface area contributed by atoms with E-state index in [1.54, 1.807) is 4.90 Å². The lowest BCUT2D eigenvalue weighted by Crippen LogP contribution is -2.53. The molecule has 2 unspecified atom stereocenters. The molecule has 2 atom stereocenters. The van der Waals surface area contributed by atoms with Gasteiger partial charge in [-0.25, -0.2) is 0 Å². The van der Waals surface area contributed by atoms with Crippen molar-refractivity contribution in [2.45, 2.75) is 32.7 Å². The smallest absolute Gasteiger partial charge is 0.308 e. The van der Waals surface area contributed by atoms with E-state index in [0.29, 0.717) is 32.5 Å². The fourth-order valence-electron chi connectivity index (χ4n) is 2.36. The molecule has 0 bridgehead atoms. The Bertz CT molecular complexity index is 320. The van der Waals surface area contributed by atoms with Crippen LogP contribution in [0.3, 0.4) is 0 Å². The largest absolute Gasteiger partial charge is 0.481 e. The Morgan fingerprint density at radius 3 is 2.58 bits per heavy atom. The summed E-state index contributed by atoms with van der Waals surface area (Å²) in [6.07, 6.45) is 1.16. The molecule has 1 fully saturated rings. The summed E-state index contributed by atoms with van der Waals surface area (Å²) < 4.78 is 0. The van der Waals surface area contributed by atoms with E-state index in [1.165, 1.54) is 0 Å². The molecule has 110 valence electrons. The molecule has 0 radical (unpaired) electrons. The number of amides is 1. The number of piperidine rings is 1. The van der Waals surface area contributed by atoms with Crippen LogP contribution in [0.2, 0.25) is 0 Å². The molecule has 0 saturated carbocycles. The number of carbonyl (C=O) groups excluding carboxylic acids is 1. The van der Waals surface area contributed by atoms with Gasteiger partial charge in [0.15, 0.2) is 0 Å². The third-order valence-corrected chi connectivity index (χ3v) is 3.37. The van der Waals surface area contributed by atoms with Gasteiger partial charge in [0.2, 0.25) is 5.91 Å². The lowest BCUT2D eigenvalue weighted by molar-refractivity contribution is -0.147. The third-order valence-electron chi connectivity index (χ3n) is 3.37. The van der Waals surface area contributed by atoms with E-state index in [9.17, 15) is 9.59 Å². The summed E-state index contributed by atoms with van der Waals surface area (Å²) >= 11 is 0. The van der Waals surface area contributed by atoms with Gasteiger partial charge in [0.05, 0.1) is 5.92 Å². The van der Waals surface area contributed by atoms with E-state index in [-0.39, 0.29) is 24.5 Å². The van der Waals surface area contributed by atoms with Crippen LogP contribution in [0.5, 0.6) is 0 Å². The van der Waals surface area contributed by atoms with Crippen molar-refractivity contribution in [1.82, 2.24) is 10.2 Å². The van der Waals surface area contributed by atoms with E-state index in [2.05, 4.69) is 5.32 Å². The van der Waals surface area contributed by atoms with Gasteiger partial charge in [0, 0.05) is 31.7 Å². The van der Waals surface area contributed by atoms with Crippen LogP contribution in [0, 0.1) is 11.8 Å². The highest BCUT2D eigenvalue weighted by molar-refractivity contribution is 5.79. The van der Waals surface area contributed by atoms with Crippen LogP contribution >= 0.6 is 0 Å². The van der Waals surface area contributed by atoms with Crippen molar-refractivity contribution in [3.8, 4) is 0 Å². The predicted octanol–water partition coefficient (Wildman–Crippen LogP) is -0.0839. The number of nitrogens with zero attached hydrogens (tertiary/aromatic N) is 1. The lowest BCUT2D eigenvalue weighted by atomic mass is 9.93. The van der Waals surface area contributed by atoms with Gasteiger partial charge in [0.1, 0.15) is 0 Å². The second-order valence-electron chi connectivity index (χ2n) is 5.40. The van der Waals surface area contributed by atoms with Crippen molar-refractivity contribution in [3.05, 3.63) is 0 Å². The lowest BCUT2D eigenvalue weighted by Gasteiger charge is -2.37. The second-order valence-corrected chi connectivity index (χ2v) is 5.40. The number of nitrogens with one attached hydrogen (secondary N) is 1. The first-order valence-electron chi connectivity index (χ1n) is 6.81. The van der Waals surface area contributed by atoms with Gasteiger partial charge in [-0.15, -0.1) is 0 Å². The maximum atomic E-state index is 12.0. The summed E-state index contributed by atoms with van der Waals surface area (Å²) in [6, 6.07) is -0.0101. The molecule has 1 heterocycles. The van der Waals surface area contributed by atoms with Crippen LogP contribution < -0.4 is 5.32 Å². The Morgan fingerprint density at radius 1 is 1.37 bits per heavy atom. The molecule has 1 aliphatic heterocycles. The molecule has 0 aromatic heterocycles. The molecular weight excluding hydrogens is 248 g/mol. The number of rotatable bonds is 6. The van der Waals surface area contributed by atoms with Crippen molar-refractivity contribution in [1.29, 1.82) is 0 Å². The second kappa shape index (κ2) is 7.45. The highest BCUT2D eigenvalue weighted by atomic mass is 16.4. The monoisotopic (exact) mass is 272 g/mol. The average Bonchev–Trinajstić information content (AvgIpc) is 2.37. The SMILES string of the molecule is CC(C)C(=O)N1CC(NCCCO)CC(C(=O)O)C1. The molecule has 1 amide bonds. The van der Waals surface area contributed by atoms with Crippen LogP contribution in [0.1, 0.15) is 26.7 Å². The van der Waals surface area contributed by atoms with E-state index >= 15 is 0 Å². The Labute approximate surface area is 113 Å². The van der Waals surface area contributed by atoms with Crippen LogP contribution in [-0.4, -0.2) is 59.3 Å². The minimum absolute atomic E-state index is 0.0000850. The van der Waals surface area contributed by atoms with Gasteiger partial charge in [-0.3, -0.25) is 9.59 Å². The van der Waals surface area contributed by atoms with Crippen molar-refractivity contribution < 1.29 is 19.8 Å². The molecule has 0 aromatic carbocycles. The maximum Gasteiger partial charge on any atom is 0.308 e. The molecule has 6 nitrogen and oxygen atoms in total. The number of likely N-dealkylation sites (tertiary alicyclic amines) is 1. The molecule has 19 heavy (non-hydrogen) atoms. The zero-order valence-corrected chi connectivity index (χ0v) is 11.6. The number of hydrogen-bond acceptors (Lipinski definition) is 4. The van der Waals surface area contributed by atoms with E-state index in [4.69, 9.17) is 10.2 Å². The van der Waals surface area contributed by atoms with E-state index < -0.39 is 11.9 Å². The first-order chi connectivity index (χ1) is 8.95. The fraction of sp³-hybridized carbons (Fsp3) is 0.846. The predicted molar refractivity (Wildman–Crippen MR) is 70.7 cm³/mol. The molecular formula is C13H24N2O4. The van der Waals surface area contributed by atoms with E-state index in [0.717, 1.165) is 0 Å². The summed E-state index contributed by atoms with van der Waals surface area (Å²) in [5.41, 5.74) is 0. The van der Waals surface area contributed by atoms with Crippen LogP contribution in [-0.2, 0) is 9.59 Å². The topological polar surface area (TPSA) is 89.9 Å². The van der Waals surface area contributed by atoms with Crippen LogP contribution in [0.15, 0.2) is 0 Å². The first-order valence-corrected chi connectivity index (χ1v) is 6.81. The van der Waals surface area contributed by atoms with E-state index in [1.807, 2.05) is 13.8 Å². The number of aliphatic hydroxyl groups is 1. The number of carbonyl (C=O) groups is 2. The minimum atomic E-state index is -0.852. The number of aliphatic carboxylic acids is 1. The van der Waals surface area contributed by atoms with Gasteiger partial charge in [0.25, 0.3) is 0 Å². The Kier molecular flexibility index (Phi) is 6.24. The minimum Gasteiger partial charge on any atom is -0.481 e. The zero-order valence-electron chi connectivity index (χ0n) is 11.6. The molecule has 1 saturated heterocycles. The fourth-order valence-corrected chi connectivity index (χ4v) is 2.36. The Hall–Kier alpha value is -1.14. The van der Waals surface area contributed by atoms with Gasteiger partial charge in [-0.05, 0) is 19.4 Å². The summed E-state index contributed by atoms with van der Waals surface area (Å²) in [7, 11) is 0. The number of hydrogen-bond donors (Lipinski definition) is 3. The molecule has 1 aliphatic rings. The molecule has 3 N–H and O–H groups in total. The van der Waals surface area contributed by atoms with Crippen molar-refractivity contribution in [2.24, 2.45) is 11.8 Å². The normalized spacial score (nSPS) is 23.7. The number of carboxylic acids is 1. The average molecular weight is 272 g/mol. The number of aliphatic hydroxyl groups excluding tert-OH is 1. The Morgan fingerprint density at radius 2 is 2.05 bits per heavy atom. The molecule has 6 heteroatoms. The van der Waals surface area contributed by atoms with Crippen molar-refractivity contribution in [2.75, 3.05) is 26.2 Å². The molecule has 0 spiro atoms. The third kappa shape index (κ3) is 4.80. The summed E-state index contributed by atoms with van der Waals surface area (Å²) in [4.78, 5) is 24.8. The summed E-state index contributed by atoms with van der Waals surface area (Å²) in [6.45, 7) is 5.23. The standard InChI is InChI=1S/C13H24N2O4/c1-9(2)12(17)15-7-10(13(18)19)6-11(8-15)14-4-3-5-16/h9-11,14,16H,3-8H2,1-2H3,(H,18,19). The molecule has 0 aromatic rings. The first kappa shape index (κ1) is 15.9. The van der Waals surface area contributed by atoms with Gasteiger partial charge in [-0.2, -0.15) is 0 Å². The van der Waals surface area contributed by atoms with Gasteiger partial charge < -0.3 is 20.4 Å². The zero-order chi connectivity index (χ0) is 14.4. The highest BCUT2D eigenvalue weighted by Gasteiger charge is 2.34. The Balaban J connectivity index is 2.62. The van der Waals surface area contributed by atoms with Crippen molar-refractivity contribution >= 4 is 11.9 Å². The van der Waals surface area contributed by atoms with Crippen LogP contribution in [0.4, 0.5) is 0 Å². The van der Waals surface area contributed by atoms with Crippen molar-refractivity contribution in [3.63, 3.8) is 0 Å². The molecule has 0 aliphatic carbocycles. The molecule has 1 rings (SSSR count). The quantitative estimate of drug-likeness (QED) is 0.588. The van der Waals surface area contributed by atoms with Gasteiger partial charge >= 0.3 is 5.97 Å².